The largest absolute Gasteiger partial charge is 0.404 e. The number of aliphatic hydroxyl groups is 2. The molecule has 2 aromatic rings. The summed E-state index contributed by atoms with van der Waals surface area (Å²) in [5, 5.41) is 21.9. The number of aliphatic hydroxyl groups excluding tert-OH is 2. The van der Waals surface area contributed by atoms with Gasteiger partial charge in [-0.1, -0.05) is 81.4 Å². The Kier molecular flexibility index (Phi) is 7.59. The van der Waals surface area contributed by atoms with E-state index in [-0.39, 0.29) is 23.7 Å². The van der Waals surface area contributed by atoms with Crippen molar-refractivity contribution in [3.05, 3.63) is 60.7 Å². The fourth-order valence-corrected chi connectivity index (χ4v) is 10.2. The zero-order valence-corrected chi connectivity index (χ0v) is 21.4. The molecule has 0 spiro atoms. The van der Waals surface area contributed by atoms with Crippen LogP contribution in [-0.4, -0.2) is 67.0 Å². The Morgan fingerprint density at radius 1 is 1.03 bits per heavy atom. The number of carbonyl (C=O) groups excluding carboxylic acids is 1. The molecule has 2 N–H and O–H groups in total. The summed E-state index contributed by atoms with van der Waals surface area (Å²) in [6.45, 7) is 7.04. The highest BCUT2D eigenvalue weighted by Gasteiger charge is 2.51. The summed E-state index contributed by atoms with van der Waals surface area (Å²) in [6, 6.07) is 21.1. The zero-order valence-electron chi connectivity index (χ0n) is 20.4. The van der Waals surface area contributed by atoms with Crippen LogP contribution in [0.4, 0.5) is 0 Å². The van der Waals surface area contributed by atoms with Crippen LogP contribution < -0.4 is 10.4 Å². The third-order valence-electron chi connectivity index (χ3n) is 7.18. The molecular weight excluding hydrogens is 446 g/mol. The maximum absolute atomic E-state index is 13.0. The molecule has 0 saturated carbocycles. The van der Waals surface area contributed by atoms with Crippen LogP contribution in [0.3, 0.4) is 0 Å². The molecule has 0 unspecified atom stereocenters. The van der Waals surface area contributed by atoms with Gasteiger partial charge in [0.1, 0.15) is 12.3 Å². The van der Waals surface area contributed by atoms with Crippen LogP contribution in [0.2, 0.25) is 5.04 Å². The predicted molar refractivity (Wildman–Crippen MR) is 134 cm³/mol. The smallest absolute Gasteiger partial charge is 0.261 e. The molecule has 6 nitrogen and oxygen atoms in total. The molecule has 0 aromatic heterocycles. The number of nitrogens with zero attached hydrogens (tertiary/aromatic N) is 1. The van der Waals surface area contributed by atoms with Crippen LogP contribution in [0.15, 0.2) is 60.7 Å². The standard InChI is InChI=1S/C27H37NO5Si/c1-27(2,3)34(21-10-6-4-7-11-21,22-12-8-5-9-13-22)33-20-14-15-25(31)28(17-16-20)26-18-23(30)24(19-29)32-26/h4-13,20,23-24,26,29-30H,14-19H2,1-3H3/t20-,23+,24-,26+/m1/s1. The average molecular weight is 484 g/mol. The third-order valence-corrected chi connectivity index (χ3v) is 12.3. The van der Waals surface area contributed by atoms with Gasteiger partial charge in [-0.25, -0.2) is 0 Å². The van der Waals surface area contributed by atoms with Gasteiger partial charge in [0, 0.05) is 25.5 Å². The number of amides is 1. The minimum absolute atomic E-state index is 0.0179. The van der Waals surface area contributed by atoms with E-state index in [9.17, 15) is 15.0 Å². The van der Waals surface area contributed by atoms with Crippen molar-refractivity contribution in [3.63, 3.8) is 0 Å². The number of ether oxygens (including phenoxy) is 1. The Bertz CT molecular complexity index is 909. The van der Waals surface area contributed by atoms with Gasteiger partial charge in [0.25, 0.3) is 8.32 Å². The number of hydrogen-bond acceptors (Lipinski definition) is 5. The lowest BCUT2D eigenvalue weighted by molar-refractivity contribution is -0.146. The number of hydrogen-bond donors (Lipinski definition) is 2. The monoisotopic (exact) mass is 483 g/mol. The van der Waals surface area contributed by atoms with Crippen molar-refractivity contribution in [2.75, 3.05) is 13.2 Å². The first-order valence-corrected chi connectivity index (χ1v) is 14.2. The maximum Gasteiger partial charge on any atom is 0.261 e. The molecule has 7 heteroatoms. The zero-order chi connectivity index (χ0) is 24.3. The van der Waals surface area contributed by atoms with E-state index >= 15 is 0 Å². The Morgan fingerprint density at radius 2 is 1.62 bits per heavy atom. The number of rotatable bonds is 6. The predicted octanol–water partition coefficient (Wildman–Crippen LogP) is 2.41. The van der Waals surface area contributed by atoms with Crippen molar-refractivity contribution in [2.45, 2.75) is 76.0 Å². The molecule has 2 saturated heterocycles. The Labute approximate surface area is 203 Å². The second kappa shape index (κ2) is 10.3. The van der Waals surface area contributed by atoms with Crippen molar-refractivity contribution in [3.8, 4) is 0 Å². The summed E-state index contributed by atoms with van der Waals surface area (Å²) in [5.41, 5.74) is 0. The van der Waals surface area contributed by atoms with Gasteiger partial charge in [0.05, 0.1) is 12.7 Å². The van der Waals surface area contributed by atoms with E-state index in [1.165, 1.54) is 10.4 Å². The number of likely N-dealkylation sites (tertiary alicyclic amines) is 1. The van der Waals surface area contributed by atoms with E-state index in [2.05, 4.69) is 69.3 Å². The molecule has 2 aromatic carbocycles. The van der Waals surface area contributed by atoms with Crippen LogP contribution in [0.1, 0.15) is 46.5 Å². The number of benzene rings is 2. The molecule has 2 aliphatic rings. The Morgan fingerprint density at radius 3 is 2.12 bits per heavy atom. The van der Waals surface area contributed by atoms with Crippen molar-refractivity contribution >= 4 is 24.6 Å². The van der Waals surface area contributed by atoms with Crippen molar-refractivity contribution < 1.29 is 24.2 Å². The van der Waals surface area contributed by atoms with Gasteiger partial charge in [-0.05, 0) is 28.3 Å². The van der Waals surface area contributed by atoms with Crippen LogP contribution in [0, 0.1) is 0 Å². The SMILES string of the molecule is CC(C)(C)[Si](O[C@@H]1CCC(=O)N([C@@H]2C[C@H](O)[C@@H](CO)O2)CC1)(c1ccccc1)c1ccccc1. The van der Waals surface area contributed by atoms with Crippen LogP contribution in [0.5, 0.6) is 0 Å². The molecular formula is C27H37NO5Si. The van der Waals surface area contributed by atoms with Crippen molar-refractivity contribution in [1.82, 2.24) is 4.90 Å². The normalized spacial score (nSPS) is 26.5. The summed E-state index contributed by atoms with van der Waals surface area (Å²) in [6.07, 6.45) is 0.112. The lowest BCUT2D eigenvalue weighted by Gasteiger charge is -2.45. The molecule has 0 bridgehead atoms. The van der Waals surface area contributed by atoms with Gasteiger partial charge in [0.2, 0.25) is 5.91 Å². The fraction of sp³-hybridized carbons (Fsp3) is 0.519. The molecule has 34 heavy (non-hydrogen) atoms. The van der Waals surface area contributed by atoms with E-state index in [1.54, 1.807) is 4.90 Å². The fourth-order valence-electron chi connectivity index (χ4n) is 5.42. The van der Waals surface area contributed by atoms with Gasteiger partial charge in [-0.3, -0.25) is 4.79 Å². The molecule has 2 heterocycles. The molecule has 1 amide bonds. The van der Waals surface area contributed by atoms with Crippen molar-refractivity contribution in [2.24, 2.45) is 0 Å². The van der Waals surface area contributed by atoms with Crippen LogP contribution >= 0.6 is 0 Å². The Hall–Kier alpha value is -2.03. The topological polar surface area (TPSA) is 79.2 Å². The second-order valence-corrected chi connectivity index (χ2v) is 14.7. The first-order valence-electron chi connectivity index (χ1n) is 12.3. The first kappa shape index (κ1) is 25.1. The molecule has 4 atom stereocenters. The molecule has 2 aliphatic heterocycles. The van der Waals surface area contributed by atoms with E-state index in [0.717, 1.165) is 0 Å². The van der Waals surface area contributed by atoms with E-state index in [1.807, 2.05) is 12.1 Å². The van der Waals surface area contributed by atoms with E-state index in [0.29, 0.717) is 32.2 Å². The molecule has 0 aliphatic carbocycles. The minimum Gasteiger partial charge on any atom is -0.404 e. The molecule has 184 valence electrons. The van der Waals surface area contributed by atoms with Gasteiger partial charge < -0.3 is 24.3 Å². The quantitative estimate of drug-likeness (QED) is 0.617. The Balaban J connectivity index is 1.62. The summed E-state index contributed by atoms with van der Waals surface area (Å²) in [4.78, 5) is 14.7. The van der Waals surface area contributed by atoms with E-state index in [4.69, 9.17) is 9.16 Å². The lowest BCUT2D eigenvalue weighted by Crippen LogP contribution is -2.67. The minimum atomic E-state index is -2.70. The number of carbonyl (C=O) groups is 1. The summed E-state index contributed by atoms with van der Waals surface area (Å²) in [5.74, 6) is 0.0179. The highest BCUT2D eigenvalue weighted by Crippen LogP contribution is 2.39. The van der Waals surface area contributed by atoms with Crippen molar-refractivity contribution in [1.29, 1.82) is 0 Å². The second-order valence-electron chi connectivity index (χ2n) is 10.4. The van der Waals surface area contributed by atoms with Gasteiger partial charge >= 0.3 is 0 Å². The van der Waals surface area contributed by atoms with Gasteiger partial charge in [0.15, 0.2) is 0 Å². The molecule has 2 fully saturated rings. The van der Waals surface area contributed by atoms with E-state index < -0.39 is 26.8 Å². The van der Waals surface area contributed by atoms with Gasteiger partial charge in [-0.2, -0.15) is 0 Å². The first-order chi connectivity index (χ1) is 16.3. The third kappa shape index (κ3) is 4.85. The summed E-state index contributed by atoms with van der Waals surface area (Å²) in [7, 11) is -2.70. The molecule has 0 radical (unpaired) electrons. The highest BCUT2D eigenvalue weighted by molar-refractivity contribution is 6.99. The van der Waals surface area contributed by atoms with Crippen LogP contribution in [-0.2, 0) is 14.0 Å². The lowest BCUT2D eigenvalue weighted by atomic mass is 10.2. The van der Waals surface area contributed by atoms with Crippen LogP contribution in [0.25, 0.3) is 0 Å². The maximum atomic E-state index is 13.0. The summed E-state index contributed by atoms with van der Waals surface area (Å²) >= 11 is 0. The van der Waals surface area contributed by atoms with Gasteiger partial charge in [-0.15, -0.1) is 0 Å². The molecule has 4 rings (SSSR count). The highest BCUT2D eigenvalue weighted by atomic mass is 28.4. The average Bonchev–Trinajstić information content (AvgIpc) is 3.10. The summed E-state index contributed by atoms with van der Waals surface area (Å²) < 4.78 is 13.0.